The van der Waals surface area contributed by atoms with Crippen molar-refractivity contribution in [1.29, 1.82) is 0 Å². The number of amides is 1. The predicted octanol–water partition coefficient (Wildman–Crippen LogP) is 4.16. The van der Waals surface area contributed by atoms with Crippen LogP contribution in [-0.2, 0) is 14.8 Å². The van der Waals surface area contributed by atoms with Gasteiger partial charge in [-0.25, -0.2) is 8.70 Å². The fourth-order valence-electron chi connectivity index (χ4n) is 3.57. The van der Waals surface area contributed by atoms with Crippen LogP contribution in [0, 0.1) is 5.82 Å². The lowest BCUT2D eigenvalue weighted by molar-refractivity contribution is -0.117. The molecule has 2 aromatic carbocycles. The normalized spacial score (nSPS) is 15.9. The number of hydrogen-bond acceptors (Lipinski definition) is 6. The summed E-state index contributed by atoms with van der Waals surface area (Å²) in [6, 6.07) is 12.0. The molecular weight excluding hydrogens is 429 g/mol. The van der Waals surface area contributed by atoms with Crippen LogP contribution in [0.25, 0.3) is 0 Å². The Hall–Kier alpha value is -2.91. The number of nitrogens with zero attached hydrogens (tertiary/aromatic N) is 1. The monoisotopic (exact) mass is 447 g/mol. The molecule has 2 heterocycles. The van der Waals surface area contributed by atoms with E-state index >= 15 is 0 Å². The van der Waals surface area contributed by atoms with E-state index in [0.29, 0.717) is 17.9 Å². The molecule has 0 aliphatic carbocycles. The molecule has 1 aliphatic rings. The maximum atomic E-state index is 14.1. The zero-order chi connectivity index (χ0) is 21.5. The van der Waals surface area contributed by atoms with E-state index in [-0.39, 0.29) is 21.2 Å². The van der Waals surface area contributed by atoms with Crippen molar-refractivity contribution in [3.05, 3.63) is 70.9 Å². The number of carbonyl (C=O) groups excluding carboxylic acids is 1. The van der Waals surface area contributed by atoms with Gasteiger partial charge in [0.2, 0.25) is 0 Å². The number of hydrogen-bond donors (Lipinski definition) is 0. The number of methoxy groups -OCH3 is 1. The second-order valence-corrected chi connectivity index (χ2v) is 9.39. The zero-order valence-electron chi connectivity index (χ0n) is 16.2. The van der Waals surface area contributed by atoms with E-state index in [1.54, 1.807) is 36.6 Å². The summed E-state index contributed by atoms with van der Waals surface area (Å²) in [5.41, 5.74) is 0.867. The quantitative estimate of drug-likeness (QED) is 0.567. The van der Waals surface area contributed by atoms with Crippen molar-refractivity contribution in [2.24, 2.45) is 0 Å². The molecule has 1 amide bonds. The van der Waals surface area contributed by atoms with Crippen molar-refractivity contribution in [2.75, 3.05) is 18.0 Å². The fourth-order valence-corrected chi connectivity index (χ4v) is 6.37. The van der Waals surface area contributed by atoms with Crippen LogP contribution >= 0.6 is 11.3 Å². The fraction of sp³-hybridized carbons (Fsp3) is 0.190. The average molecular weight is 448 g/mol. The maximum Gasteiger partial charge on any atom is 0.284 e. The number of ether oxygens (including phenoxy) is 2. The second kappa shape index (κ2) is 7.73. The molecule has 0 saturated carbocycles. The minimum absolute atomic E-state index is 0.0904. The van der Waals surface area contributed by atoms with Gasteiger partial charge < -0.3 is 9.47 Å². The van der Waals surface area contributed by atoms with Crippen LogP contribution in [0.5, 0.6) is 11.5 Å². The van der Waals surface area contributed by atoms with E-state index < -0.39 is 27.7 Å². The Morgan fingerprint density at radius 3 is 2.60 bits per heavy atom. The lowest BCUT2D eigenvalue weighted by atomic mass is 9.92. The lowest BCUT2D eigenvalue weighted by Crippen LogP contribution is -2.35. The van der Waals surface area contributed by atoms with Gasteiger partial charge in [0, 0.05) is 5.56 Å². The molecule has 0 fully saturated rings. The number of sulfonamides is 1. The van der Waals surface area contributed by atoms with E-state index in [4.69, 9.17) is 9.47 Å². The van der Waals surface area contributed by atoms with Crippen molar-refractivity contribution >= 4 is 33.0 Å². The van der Waals surface area contributed by atoms with Crippen molar-refractivity contribution in [1.82, 2.24) is 0 Å². The van der Waals surface area contributed by atoms with Gasteiger partial charge in [-0.2, -0.15) is 8.42 Å². The molecule has 1 aliphatic heterocycles. The number of fused-ring (bicyclic) bond motifs is 1. The van der Waals surface area contributed by atoms with Gasteiger partial charge >= 0.3 is 0 Å². The highest BCUT2D eigenvalue weighted by Crippen LogP contribution is 2.47. The van der Waals surface area contributed by atoms with Gasteiger partial charge in [0.1, 0.15) is 17.3 Å². The van der Waals surface area contributed by atoms with Crippen molar-refractivity contribution in [3.8, 4) is 11.5 Å². The summed E-state index contributed by atoms with van der Waals surface area (Å²) in [5, 5.41) is 1.57. The summed E-state index contributed by atoms with van der Waals surface area (Å²) in [4.78, 5) is 13.5. The molecule has 1 unspecified atom stereocenters. The molecule has 4 rings (SSSR count). The van der Waals surface area contributed by atoms with Gasteiger partial charge in [-0.15, -0.1) is 11.3 Å². The third kappa shape index (κ3) is 3.14. The summed E-state index contributed by atoms with van der Waals surface area (Å²) in [6.07, 6.45) is 0. The summed E-state index contributed by atoms with van der Waals surface area (Å²) >= 11 is 0.950. The maximum absolute atomic E-state index is 14.1. The van der Waals surface area contributed by atoms with Gasteiger partial charge in [-0.05, 0) is 48.2 Å². The van der Waals surface area contributed by atoms with Crippen LogP contribution in [0.3, 0.4) is 0 Å². The van der Waals surface area contributed by atoms with Gasteiger partial charge in [-0.3, -0.25) is 4.79 Å². The summed E-state index contributed by atoms with van der Waals surface area (Å²) in [7, 11) is -2.91. The highest BCUT2D eigenvalue weighted by molar-refractivity contribution is 7.95. The standard InChI is InChI=1S/C21H18FNO5S2/c1-3-28-17-7-5-4-6-14(17)19-15-12-13(22)8-9-16(15)23(20(19)24)30(25,26)21-18(27-2)10-11-29-21/h4-12,19H,3H2,1-2H3. The molecule has 1 aromatic heterocycles. The summed E-state index contributed by atoms with van der Waals surface area (Å²) in [5.74, 6) is -1.68. The number of anilines is 1. The van der Waals surface area contributed by atoms with Crippen LogP contribution in [0.2, 0.25) is 0 Å². The first-order chi connectivity index (χ1) is 14.4. The molecule has 30 heavy (non-hydrogen) atoms. The number of para-hydroxylation sites is 1. The number of halogens is 1. The predicted molar refractivity (Wildman–Crippen MR) is 111 cm³/mol. The minimum Gasteiger partial charge on any atom is -0.494 e. The van der Waals surface area contributed by atoms with E-state index in [1.807, 2.05) is 0 Å². The third-order valence-corrected chi connectivity index (χ3v) is 7.92. The highest BCUT2D eigenvalue weighted by Gasteiger charge is 2.47. The third-order valence-electron chi connectivity index (χ3n) is 4.79. The van der Waals surface area contributed by atoms with E-state index in [1.165, 1.54) is 25.3 Å². The Labute approximate surface area is 177 Å². The summed E-state index contributed by atoms with van der Waals surface area (Å²) < 4.78 is 52.4. The Morgan fingerprint density at radius 2 is 1.87 bits per heavy atom. The van der Waals surface area contributed by atoms with Gasteiger partial charge in [-0.1, -0.05) is 18.2 Å². The first-order valence-corrected chi connectivity index (χ1v) is 11.4. The second-order valence-electron chi connectivity index (χ2n) is 6.49. The molecular formula is C21H18FNO5S2. The molecule has 3 aromatic rings. The first-order valence-electron chi connectivity index (χ1n) is 9.12. The number of carbonyl (C=O) groups is 1. The lowest BCUT2D eigenvalue weighted by Gasteiger charge is -2.19. The Balaban J connectivity index is 1.92. The number of rotatable bonds is 6. The Morgan fingerprint density at radius 1 is 1.10 bits per heavy atom. The van der Waals surface area contributed by atoms with E-state index in [9.17, 15) is 17.6 Å². The van der Waals surface area contributed by atoms with Crippen LogP contribution < -0.4 is 13.8 Å². The molecule has 0 radical (unpaired) electrons. The first kappa shape index (κ1) is 20.4. The molecule has 0 saturated heterocycles. The van der Waals surface area contributed by atoms with Crippen LogP contribution in [0.1, 0.15) is 24.0 Å². The molecule has 9 heteroatoms. The van der Waals surface area contributed by atoms with Crippen LogP contribution in [0.15, 0.2) is 58.1 Å². The van der Waals surface area contributed by atoms with Crippen molar-refractivity contribution in [2.45, 2.75) is 17.1 Å². The molecule has 0 spiro atoms. The highest BCUT2D eigenvalue weighted by atomic mass is 32.2. The van der Waals surface area contributed by atoms with Crippen molar-refractivity contribution < 1.29 is 27.1 Å². The average Bonchev–Trinajstić information content (AvgIpc) is 3.31. The topological polar surface area (TPSA) is 72.9 Å². The van der Waals surface area contributed by atoms with Crippen LogP contribution in [-0.4, -0.2) is 28.0 Å². The number of benzene rings is 2. The molecule has 1 atom stereocenters. The van der Waals surface area contributed by atoms with E-state index in [0.717, 1.165) is 21.7 Å². The minimum atomic E-state index is -4.27. The van der Waals surface area contributed by atoms with Gasteiger partial charge in [0.05, 0.1) is 25.3 Å². The molecule has 6 nitrogen and oxygen atoms in total. The van der Waals surface area contributed by atoms with Gasteiger partial charge in [0.25, 0.3) is 15.9 Å². The Bertz CT molecular complexity index is 1220. The van der Waals surface area contributed by atoms with Gasteiger partial charge in [0.15, 0.2) is 4.21 Å². The largest absolute Gasteiger partial charge is 0.494 e. The number of thiophene rings is 1. The SMILES string of the molecule is CCOc1ccccc1C1C(=O)N(S(=O)(=O)c2sccc2OC)c2ccc(F)cc21. The zero-order valence-corrected chi connectivity index (χ0v) is 17.8. The van der Waals surface area contributed by atoms with Crippen molar-refractivity contribution in [3.63, 3.8) is 0 Å². The Kier molecular flexibility index (Phi) is 5.25. The van der Waals surface area contributed by atoms with E-state index in [2.05, 4.69) is 0 Å². The molecule has 0 N–H and O–H groups in total. The molecule has 0 bridgehead atoms. The molecule has 156 valence electrons. The smallest absolute Gasteiger partial charge is 0.284 e. The van der Waals surface area contributed by atoms with Crippen LogP contribution in [0.4, 0.5) is 10.1 Å². The summed E-state index contributed by atoms with van der Waals surface area (Å²) in [6.45, 7) is 2.17.